The fourth-order valence-electron chi connectivity index (χ4n) is 1.90. The highest BCUT2D eigenvalue weighted by atomic mass is 32.2. The van der Waals surface area contributed by atoms with Gasteiger partial charge in [0, 0.05) is 4.90 Å². The van der Waals surface area contributed by atoms with E-state index in [1.54, 1.807) is 12.3 Å². The van der Waals surface area contributed by atoms with E-state index in [4.69, 9.17) is 0 Å². The Morgan fingerprint density at radius 1 is 0.708 bits per heavy atom. The van der Waals surface area contributed by atoms with Gasteiger partial charge in [-0.25, -0.2) is 0 Å². The number of rotatable bonds is 4. The summed E-state index contributed by atoms with van der Waals surface area (Å²) in [5.74, 6) is -0.820. The van der Waals surface area contributed by atoms with Gasteiger partial charge in [0.05, 0.1) is 0 Å². The average molecular weight is 368 g/mol. The van der Waals surface area contributed by atoms with E-state index in [1.165, 1.54) is 30.0 Å². The highest BCUT2D eigenvalue weighted by Crippen LogP contribution is 2.34. The molecule has 0 saturated heterocycles. The number of ether oxygens (including phenoxy) is 2. The van der Waals surface area contributed by atoms with Crippen LogP contribution in [0.1, 0.15) is 0 Å². The first-order valence-corrected chi connectivity index (χ1v) is 7.59. The largest absolute Gasteiger partial charge is 0.573 e. The zero-order valence-corrected chi connectivity index (χ0v) is 12.9. The smallest absolute Gasteiger partial charge is 0.406 e. The van der Waals surface area contributed by atoms with Crippen LogP contribution in [0.2, 0.25) is 0 Å². The third-order valence-corrected chi connectivity index (χ3v) is 3.48. The Labute approximate surface area is 137 Å². The molecule has 0 aliphatic heterocycles. The van der Waals surface area contributed by atoms with Crippen LogP contribution in [0.25, 0.3) is 11.1 Å². The second kappa shape index (κ2) is 6.84. The lowest BCUT2D eigenvalue weighted by molar-refractivity contribution is -0.275. The van der Waals surface area contributed by atoms with Gasteiger partial charge in [-0.3, -0.25) is 0 Å². The van der Waals surface area contributed by atoms with E-state index < -0.39 is 24.2 Å². The fraction of sp³-hybridized carbons (Fsp3) is 0.200. The Bertz CT molecular complexity index is 695. The molecule has 0 aliphatic rings. The van der Waals surface area contributed by atoms with Crippen LogP contribution in [-0.2, 0) is 0 Å². The standard InChI is InChI=1S/C15H10F6O2S/c1-24-13-7-10(6-12(8-13)23-15(19,20)21)9-2-4-11(5-3-9)22-14(16,17)18/h2-8H,1H3. The SMILES string of the molecule is CSc1cc(OC(F)(F)F)cc(-c2ccc(OC(F)(F)F)cc2)c1. The van der Waals surface area contributed by atoms with Crippen molar-refractivity contribution in [1.29, 1.82) is 0 Å². The molecule has 0 amide bonds. The molecule has 0 bridgehead atoms. The molecule has 2 aromatic rings. The monoisotopic (exact) mass is 368 g/mol. The molecule has 0 aliphatic carbocycles. The van der Waals surface area contributed by atoms with Gasteiger partial charge in [-0.15, -0.1) is 38.1 Å². The minimum absolute atomic E-state index is 0.375. The van der Waals surface area contributed by atoms with Crippen LogP contribution in [-0.4, -0.2) is 19.0 Å². The maximum atomic E-state index is 12.4. The third kappa shape index (κ3) is 5.55. The Morgan fingerprint density at radius 2 is 1.25 bits per heavy atom. The quantitative estimate of drug-likeness (QED) is 0.497. The fourth-order valence-corrected chi connectivity index (χ4v) is 2.38. The van der Waals surface area contributed by atoms with E-state index in [9.17, 15) is 26.3 Å². The molecule has 2 aromatic carbocycles. The summed E-state index contributed by atoms with van der Waals surface area (Å²) in [6.45, 7) is 0. The number of hydrogen-bond donors (Lipinski definition) is 0. The van der Waals surface area contributed by atoms with Gasteiger partial charge in [0.15, 0.2) is 0 Å². The van der Waals surface area contributed by atoms with Gasteiger partial charge in [-0.05, 0) is 47.7 Å². The van der Waals surface area contributed by atoms with Crippen molar-refractivity contribution in [2.75, 3.05) is 6.26 Å². The van der Waals surface area contributed by atoms with Crippen LogP contribution in [0, 0.1) is 0 Å². The minimum Gasteiger partial charge on any atom is -0.406 e. The molecule has 0 N–H and O–H groups in total. The first-order valence-electron chi connectivity index (χ1n) is 6.37. The molecule has 2 rings (SSSR count). The summed E-state index contributed by atoms with van der Waals surface area (Å²) in [7, 11) is 0. The summed E-state index contributed by atoms with van der Waals surface area (Å²) in [6.07, 6.45) is -7.97. The summed E-state index contributed by atoms with van der Waals surface area (Å²) < 4.78 is 81.1. The van der Waals surface area contributed by atoms with Gasteiger partial charge in [0.2, 0.25) is 0 Å². The van der Waals surface area contributed by atoms with Crippen molar-refractivity contribution in [1.82, 2.24) is 0 Å². The minimum atomic E-state index is -4.83. The Hall–Kier alpha value is -2.03. The van der Waals surface area contributed by atoms with Crippen molar-refractivity contribution in [2.45, 2.75) is 17.6 Å². The molecule has 0 aromatic heterocycles. The van der Waals surface area contributed by atoms with Crippen LogP contribution >= 0.6 is 11.8 Å². The lowest BCUT2D eigenvalue weighted by Gasteiger charge is -2.13. The molecule has 130 valence electrons. The van der Waals surface area contributed by atoms with E-state index >= 15 is 0 Å². The second-order valence-corrected chi connectivity index (χ2v) is 5.40. The molecule has 9 heteroatoms. The topological polar surface area (TPSA) is 18.5 Å². The number of thioether (sulfide) groups is 1. The number of alkyl halides is 6. The molecule has 0 unspecified atom stereocenters. The predicted molar refractivity (Wildman–Crippen MR) is 77.0 cm³/mol. The van der Waals surface area contributed by atoms with Crippen molar-refractivity contribution < 1.29 is 35.8 Å². The number of benzene rings is 2. The van der Waals surface area contributed by atoms with E-state index in [0.29, 0.717) is 16.0 Å². The third-order valence-electron chi connectivity index (χ3n) is 2.77. The maximum Gasteiger partial charge on any atom is 0.573 e. The molecular weight excluding hydrogens is 358 g/mol. The molecule has 2 nitrogen and oxygen atoms in total. The van der Waals surface area contributed by atoms with Crippen LogP contribution in [0.4, 0.5) is 26.3 Å². The van der Waals surface area contributed by atoms with Gasteiger partial charge in [0.25, 0.3) is 0 Å². The Balaban J connectivity index is 2.32. The van der Waals surface area contributed by atoms with Gasteiger partial charge in [-0.2, -0.15) is 0 Å². The zero-order chi connectivity index (χ0) is 18.0. The molecule has 24 heavy (non-hydrogen) atoms. The lowest BCUT2D eigenvalue weighted by atomic mass is 10.1. The van der Waals surface area contributed by atoms with Gasteiger partial charge >= 0.3 is 12.7 Å². The summed E-state index contributed by atoms with van der Waals surface area (Å²) in [4.78, 5) is 0.516. The number of hydrogen-bond acceptors (Lipinski definition) is 3. The van der Waals surface area contributed by atoms with Crippen molar-refractivity contribution in [3.63, 3.8) is 0 Å². The van der Waals surface area contributed by atoms with Gasteiger partial charge < -0.3 is 9.47 Å². The van der Waals surface area contributed by atoms with Crippen molar-refractivity contribution >= 4 is 11.8 Å². The molecule has 0 radical (unpaired) electrons. The van der Waals surface area contributed by atoms with E-state index in [2.05, 4.69) is 9.47 Å². The summed E-state index contributed by atoms with van der Waals surface area (Å²) >= 11 is 1.21. The Kier molecular flexibility index (Phi) is 5.22. The molecule has 0 saturated carbocycles. The van der Waals surface area contributed by atoms with Gasteiger partial charge in [0.1, 0.15) is 11.5 Å². The summed E-state index contributed by atoms with van der Waals surface area (Å²) in [5, 5.41) is 0. The second-order valence-electron chi connectivity index (χ2n) is 4.52. The zero-order valence-electron chi connectivity index (χ0n) is 12.0. The highest BCUT2D eigenvalue weighted by Gasteiger charge is 2.32. The highest BCUT2D eigenvalue weighted by molar-refractivity contribution is 7.98. The van der Waals surface area contributed by atoms with Crippen molar-refractivity contribution in [3.05, 3.63) is 42.5 Å². The molecule has 0 fully saturated rings. The molecular formula is C15H10F6O2S. The van der Waals surface area contributed by atoms with E-state index in [0.717, 1.165) is 18.2 Å². The maximum absolute atomic E-state index is 12.4. The van der Waals surface area contributed by atoms with E-state index in [1.807, 2.05) is 0 Å². The van der Waals surface area contributed by atoms with Gasteiger partial charge in [-0.1, -0.05) is 12.1 Å². The van der Waals surface area contributed by atoms with Crippen LogP contribution < -0.4 is 9.47 Å². The van der Waals surface area contributed by atoms with Crippen LogP contribution in [0.15, 0.2) is 47.4 Å². The predicted octanol–water partition coefficient (Wildman–Crippen LogP) is 5.87. The first kappa shape index (κ1) is 18.3. The van der Waals surface area contributed by atoms with Crippen LogP contribution in [0.5, 0.6) is 11.5 Å². The summed E-state index contributed by atoms with van der Waals surface area (Å²) in [5.41, 5.74) is 0.798. The van der Waals surface area contributed by atoms with E-state index in [-0.39, 0.29) is 0 Å². The lowest BCUT2D eigenvalue weighted by Crippen LogP contribution is -2.17. The normalized spacial score (nSPS) is 12.1. The molecule has 0 spiro atoms. The molecule has 0 atom stereocenters. The summed E-state index contributed by atoms with van der Waals surface area (Å²) in [6, 6.07) is 8.79. The van der Waals surface area contributed by atoms with Crippen molar-refractivity contribution in [2.24, 2.45) is 0 Å². The molecule has 0 heterocycles. The Morgan fingerprint density at radius 3 is 1.75 bits per heavy atom. The van der Waals surface area contributed by atoms with Crippen LogP contribution in [0.3, 0.4) is 0 Å². The van der Waals surface area contributed by atoms with Crippen molar-refractivity contribution in [3.8, 4) is 22.6 Å². The number of halogens is 6. The average Bonchev–Trinajstić information content (AvgIpc) is 2.44. The first-order chi connectivity index (χ1) is 11.1.